The van der Waals surface area contributed by atoms with E-state index in [-0.39, 0.29) is 12.1 Å². The van der Waals surface area contributed by atoms with Gasteiger partial charge in [0.2, 0.25) is 0 Å². The van der Waals surface area contributed by atoms with Crippen molar-refractivity contribution >= 4 is 11.3 Å². The summed E-state index contributed by atoms with van der Waals surface area (Å²) in [6.07, 6.45) is 4.01. The van der Waals surface area contributed by atoms with Gasteiger partial charge in [-0.25, -0.2) is 4.98 Å². The summed E-state index contributed by atoms with van der Waals surface area (Å²) in [5.41, 5.74) is 3.33. The van der Waals surface area contributed by atoms with E-state index in [4.69, 9.17) is 0 Å². The van der Waals surface area contributed by atoms with E-state index in [1.807, 2.05) is 36.5 Å². The smallest absolute Gasteiger partial charge is 0.142 e. The van der Waals surface area contributed by atoms with E-state index < -0.39 is 0 Å². The number of aliphatic hydroxyl groups excluding tert-OH is 1. The molecule has 116 valence electrons. The highest BCUT2D eigenvalue weighted by atomic mass is 32.1. The van der Waals surface area contributed by atoms with Crippen molar-refractivity contribution in [3.05, 3.63) is 70.9 Å². The molecule has 0 bridgehead atoms. The summed E-state index contributed by atoms with van der Waals surface area (Å²) in [6, 6.07) is 14.1. The number of rotatable bonds is 4. The fourth-order valence-corrected chi connectivity index (χ4v) is 3.87. The quantitative estimate of drug-likeness (QED) is 0.775. The highest BCUT2D eigenvalue weighted by Gasteiger charge is 2.30. The van der Waals surface area contributed by atoms with Crippen LogP contribution < -0.4 is 5.32 Å². The van der Waals surface area contributed by atoms with E-state index in [9.17, 15) is 5.11 Å². The summed E-state index contributed by atoms with van der Waals surface area (Å²) in [6.45, 7) is 0.695. The van der Waals surface area contributed by atoms with E-state index in [1.54, 1.807) is 17.5 Å². The second kappa shape index (κ2) is 6.20. The molecule has 0 unspecified atom stereocenters. The van der Waals surface area contributed by atoms with Gasteiger partial charge in [-0.1, -0.05) is 30.3 Å². The summed E-state index contributed by atoms with van der Waals surface area (Å²) in [4.78, 5) is 9.92. The first-order valence-electron chi connectivity index (χ1n) is 7.66. The van der Waals surface area contributed by atoms with Crippen molar-refractivity contribution in [3.63, 3.8) is 0 Å². The number of aliphatic hydroxyl groups is 1. The highest BCUT2D eigenvalue weighted by Crippen LogP contribution is 2.32. The van der Waals surface area contributed by atoms with Crippen LogP contribution in [0.25, 0.3) is 10.7 Å². The van der Waals surface area contributed by atoms with Crippen LogP contribution in [0.1, 0.15) is 22.0 Å². The Balaban J connectivity index is 1.47. The molecule has 2 aromatic heterocycles. The Morgan fingerprint density at radius 1 is 1.13 bits per heavy atom. The first-order valence-corrected chi connectivity index (χ1v) is 8.48. The molecule has 1 aliphatic rings. The van der Waals surface area contributed by atoms with Crippen molar-refractivity contribution in [2.45, 2.75) is 25.1 Å². The molecule has 2 heterocycles. The van der Waals surface area contributed by atoms with E-state index in [0.717, 1.165) is 22.0 Å². The molecule has 1 aromatic carbocycles. The van der Waals surface area contributed by atoms with Crippen LogP contribution in [0.4, 0.5) is 0 Å². The Kier molecular flexibility index (Phi) is 3.91. The van der Waals surface area contributed by atoms with E-state index in [0.29, 0.717) is 6.54 Å². The van der Waals surface area contributed by atoms with Gasteiger partial charge in [-0.05, 0) is 23.3 Å². The van der Waals surface area contributed by atoms with Crippen molar-refractivity contribution < 1.29 is 5.11 Å². The third kappa shape index (κ3) is 2.91. The fourth-order valence-electron chi connectivity index (χ4n) is 3.03. The van der Waals surface area contributed by atoms with Gasteiger partial charge < -0.3 is 10.4 Å². The maximum atomic E-state index is 10.3. The van der Waals surface area contributed by atoms with Crippen molar-refractivity contribution in [1.82, 2.24) is 15.3 Å². The molecule has 2 atom stereocenters. The number of hydrogen-bond donors (Lipinski definition) is 2. The molecule has 0 saturated carbocycles. The Hall–Kier alpha value is -2.08. The topological polar surface area (TPSA) is 58.0 Å². The van der Waals surface area contributed by atoms with Crippen LogP contribution in [0.2, 0.25) is 0 Å². The molecule has 3 aromatic rings. The molecular weight excluding hydrogens is 306 g/mol. The van der Waals surface area contributed by atoms with Gasteiger partial charge in [0.25, 0.3) is 0 Å². The first-order chi connectivity index (χ1) is 11.3. The standard InChI is InChI=1S/C18H17N3OS/c22-16-9-12-5-1-2-6-14(12)17(16)20-10-13-11-21-18(23-13)15-7-3-4-8-19-15/h1-8,11,16-17,20,22H,9-10H2/t16-,17+/m1/s1. The zero-order chi connectivity index (χ0) is 15.6. The average molecular weight is 323 g/mol. The Morgan fingerprint density at radius 2 is 2.00 bits per heavy atom. The minimum Gasteiger partial charge on any atom is -0.391 e. The molecule has 23 heavy (non-hydrogen) atoms. The van der Waals surface area contributed by atoms with Crippen LogP contribution in [-0.2, 0) is 13.0 Å². The number of pyridine rings is 1. The summed E-state index contributed by atoms with van der Waals surface area (Å²) in [5.74, 6) is 0. The Labute approximate surface area is 138 Å². The van der Waals surface area contributed by atoms with Gasteiger partial charge >= 0.3 is 0 Å². The number of nitrogens with zero attached hydrogens (tertiary/aromatic N) is 2. The molecule has 4 nitrogen and oxygen atoms in total. The number of benzene rings is 1. The first kappa shape index (κ1) is 14.5. The third-order valence-electron chi connectivity index (χ3n) is 4.14. The van der Waals surface area contributed by atoms with Crippen molar-refractivity contribution in [1.29, 1.82) is 0 Å². The number of nitrogens with one attached hydrogen (secondary N) is 1. The van der Waals surface area contributed by atoms with Crippen LogP contribution >= 0.6 is 11.3 Å². The number of fused-ring (bicyclic) bond motifs is 1. The molecular formula is C18H17N3OS. The molecule has 0 spiro atoms. The van der Waals surface area contributed by atoms with Gasteiger partial charge in [0, 0.05) is 30.2 Å². The molecule has 1 aliphatic carbocycles. The Morgan fingerprint density at radius 3 is 2.87 bits per heavy atom. The van der Waals surface area contributed by atoms with Gasteiger partial charge in [-0.2, -0.15) is 0 Å². The number of hydrogen-bond acceptors (Lipinski definition) is 5. The Bertz CT molecular complexity index is 803. The summed E-state index contributed by atoms with van der Waals surface area (Å²) < 4.78 is 0. The number of aromatic nitrogens is 2. The molecule has 5 heteroatoms. The molecule has 2 N–H and O–H groups in total. The van der Waals surface area contributed by atoms with E-state index >= 15 is 0 Å². The second-order valence-electron chi connectivity index (χ2n) is 5.68. The minimum absolute atomic E-state index is 0.00778. The van der Waals surface area contributed by atoms with E-state index in [1.165, 1.54) is 11.1 Å². The lowest BCUT2D eigenvalue weighted by molar-refractivity contribution is 0.141. The maximum absolute atomic E-state index is 10.3. The van der Waals surface area contributed by atoms with Crippen LogP contribution in [0.15, 0.2) is 54.9 Å². The van der Waals surface area contributed by atoms with Gasteiger partial charge in [-0.3, -0.25) is 4.98 Å². The highest BCUT2D eigenvalue weighted by molar-refractivity contribution is 7.14. The third-order valence-corrected chi connectivity index (χ3v) is 5.16. The SMILES string of the molecule is O[C@@H]1Cc2ccccc2[C@@H]1NCc1cnc(-c2ccccn2)s1. The van der Waals surface area contributed by atoms with Gasteiger partial charge in [0.15, 0.2) is 0 Å². The predicted molar refractivity (Wildman–Crippen MR) is 91.1 cm³/mol. The van der Waals surface area contributed by atoms with Crippen LogP contribution in [-0.4, -0.2) is 21.2 Å². The van der Waals surface area contributed by atoms with Gasteiger partial charge in [0.05, 0.1) is 17.8 Å². The zero-order valence-corrected chi connectivity index (χ0v) is 13.3. The zero-order valence-electron chi connectivity index (χ0n) is 12.5. The van der Waals surface area contributed by atoms with Crippen LogP contribution in [0.3, 0.4) is 0 Å². The predicted octanol–water partition coefficient (Wildman–Crippen LogP) is 2.95. The minimum atomic E-state index is -0.365. The summed E-state index contributed by atoms with van der Waals surface area (Å²) >= 11 is 1.63. The lowest BCUT2D eigenvalue weighted by atomic mass is 10.1. The monoisotopic (exact) mass is 323 g/mol. The fraction of sp³-hybridized carbons (Fsp3) is 0.222. The lowest BCUT2D eigenvalue weighted by Crippen LogP contribution is -2.28. The average Bonchev–Trinajstić information content (AvgIpc) is 3.18. The van der Waals surface area contributed by atoms with Crippen molar-refractivity contribution in [2.75, 3.05) is 0 Å². The normalized spacial score (nSPS) is 19.7. The largest absolute Gasteiger partial charge is 0.391 e. The summed E-state index contributed by atoms with van der Waals surface area (Å²) in [5, 5.41) is 14.7. The molecule has 0 saturated heterocycles. The molecule has 0 fully saturated rings. The van der Waals surface area contributed by atoms with Crippen molar-refractivity contribution in [2.24, 2.45) is 0 Å². The van der Waals surface area contributed by atoms with Gasteiger partial charge in [0.1, 0.15) is 5.01 Å². The molecule has 4 rings (SSSR count). The van der Waals surface area contributed by atoms with E-state index in [2.05, 4.69) is 27.4 Å². The lowest BCUT2D eigenvalue weighted by Gasteiger charge is -2.17. The second-order valence-corrected chi connectivity index (χ2v) is 6.79. The van der Waals surface area contributed by atoms with Crippen molar-refractivity contribution in [3.8, 4) is 10.7 Å². The van der Waals surface area contributed by atoms with Crippen LogP contribution in [0, 0.1) is 0 Å². The molecule has 0 aliphatic heterocycles. The number of thiazole rings is 1. The summed E-state index contributed by atoms with van der Waals surface area (Å²) in [7, 11) is 0. The maximum Gasteiger partial charge on any atom is 0.142 e. The van der Waals surface area contributed by atoms with Gasteiger partial charge in [-0.15, -0.1) is 11.3 Å². The molecule has 0 radical (unpaired) electrons. The van der Waals surface area contributed by atoms with Crippen LogP contribution in [0.5, 0.6) is 0 Å². The molecule has 0 amide bonds.